The minimum atomic E-state index is -4.38. The first-order chi connectivity index (χ1) is 16.5. The fourth-order valence-electron chi connectivity index (χ4n) is 4.10. The third-order valence-corrected chi connectivity index (χ3v) is 5.80. The normalized spacial score (nSPS) is 20.6. The van der Waals surface area contributed by atoms with Gasteiger partial charge >= 0.3 is 24.1 Å². The van der Waals surface area contributed by atoms with Gasteiger partial charge in [-0.25, -0.2) is 4.79 Å². The van der Waals surface area contributed by atoms with Crippen LogP contribution in [-0.2, 0) is 17.5 Å². The zero-order chi connectivity index (χ0) is 25.2. The van der Waals surface area contributed by atoms with Gasteiger partial charge in [-0.05, 0) is 35.6 Å². The zero-order valence-corrected chi connectivity index (χ0v) is 18.9. The van der Waals surface area contributed by atoms with Crippen LogP contribution in [0.25, 0.3) is 6.08 Å². The maximum atomic E-state index is 12.6. The van der Waals surface area contributed by atoms with Gasteiger partial charge in [0.25, 0.3) is 0 Å². The molecule has 0 saturated carbocycles. The molecule has 3 heterocycles. The number of alkyl halides is 3. The lowest BCUT2D eigenvalue weighted by Crippen LogP contribution is -2.54. The Hall–Kier alpha value is -3.61. The molecule has 1 atom stereocenters. The van der Waals surface area contributed by atoms with E-state index >= 15 is 0 Å². The van der Waals surface area contributed by atoms with Gasteiger partial charge in [0.2, 0.25) is 0 Å². The first-order valence-corrected chi connectivity index (χ1v) is 10.9. The van der Waals surface area contributed by atoms with E-state index in [-0.39, 0.29) is 18.4 Å². The van der Waals surface area contributed by atoms with Crippen molar-refractivity contribution in [3.05, 3.63) is 57.8 Å². The molecule has 2 aliphatic rings. The lowest BCUT2D eigenvalue weighted by Gasteiger charge is -2.37. The monoisotopic (exact) mass is 495 g/mol. The highest BCUT2D eigenvalue weighted by Gasteiger charge is 2.42. The van der Waals surface area contributed by atoms with Gasteiger partial charge in [-0.2, -0.15) is 13.2 Å². The second kappa shape index (κ2) is 9.56. The summed E-state index contributed by atoms with van der Waals surface area (Å²) in [5.74, 6) is -0.247. The van der Waals surface area contributed by atoms with Gasteiger partial charge in [0.1, 0.15) is 18.4 Å². The predicted molar refractivity (Wildman–Crippen MR) is 118 cm³/mol. The Bertz CT molecular complexity index is 1080. The molecule has 0 unspecified atom stereocenters. The van der Waals surface area contributed by atoms with Gasteiger partial charge in [0.15, 0.2) is 0 Å². The number of nitro groups is 1. The molecule has 1 saturated heterocycles. The molecule has 13 heteroatoms. The number of carbonyl (C=O) groups excluding carboxylic acids is 1. The highest BCUT2D eigenvalue weighted by Crippen LogP contribution is 2.32. The summed E-state index contributed by atoms with van der Waals surface area (Å²) in [6.45, 7) is 5.08. The van der Waals surface area contributed by atoms with E-state index in [0.29, 0.717) is 44.8 Å². The number of benzene rings is 1. The number of hydrogen-bond donors (Lipinski definition) is 0. The van der Waals surface area contributed by atoms with Crippen LogP contribution in [0.15, 0.2) is 36.5 Å². The maximum Gasteiger partial charge on any atom is 0.416 e. The molecule has 1 aromatic heterocycles. The first kappa shape index (κ1) is 24.5. The van der Waals surface area contributed by atoms with Gasteiger partial charge in [-0.15, -0.1) is 0 Å². The lowest BCUT2D eigenvalue weighted by atomic mass is 10.1. The van der Waals surface area contributed by atoms with E-state index in [1.54, 1.807) is 21.6 Å². The van der Waals surface area contributed by atoms with Gasteiger partial charge < -0.3 is 24.5 Å². The number of piperazine rings is 1. The number of aromatic nitrogens is 2. The Balaban J connectivity index is 1.18. The third-order valence-electron chi connectivity index (χ3n) is 5.80. The van der Waals surface area contributed by atoms with Crippen LogP contribution in [0.4, 0.5) is 23.8 Å². The third kappa shape index (κ3) is 5.91. The molecule has 1 amide bonds. The fourth-order valence-corrected chi connectivity index (χ4v) is 4.10. The number of imidazole rings is 1. The molecular formula is C22H24F3N5O5. The molecule has 2 aliphatic heterocycles. The number of halogens is 3. The topological polar surface area (TPSA) is 103 Å². The van der Waals surface area contributed by atoms with Gasteiger partial charge in [-0.1, -0.05) is 18.2 Å². The Labute approximate surface area is 198 Å². The van der Waals surface area contributed by atoms with Gasteiger partial charge in [0, 0.05) is 37.7 Å². The van der Waals surface area contributed by atoms with Crippen molar-refractivity contribution in [1.29, 1.82) is 0 Å². The molecule has 2 aromatic rings. The Morgan fingerprint density at radius 2 is 1.94 bits per heavy atom. The molecule has 1 aromatic carbocycles. The Morgan fingerprint density at radius 1 is 1.26 bits per heavy atom. The van der Waals surface area contributed by atoms with E-state index in [0.717, 1.165) is 12.1 Å². The number of carbonyl (C=O) groups is 1. The van der Waals surface area contributed by atoms with Crippen molar-refractivity contribution in [2.75, 3.05) is 39.3 Å². The van der Waals surface area contributed by atoms with Crippen LogP contribution in [0.3, 0.4) is 0 Å². The van der Waals surface area contributed by atoms with Crippen LogP contribution in [0.2, 0.25) is 0 Å². The lowest BCUT2D eigenvalue weighted by molar-refractivity contribution is -0.389. The fraction of sp³-hybridized carbons (Fsp3) is 0.455. The number of rotatable bonds is 6. The van der Waals surface area contributed by atoms with E-state index in [2.05, 4.69) is 9.88 Å². The van der Waals surface area contributed by atoms with Crippen molar-refractivity contribution in [2.45, 2.75) is 25.2 Å². The predicted octanol–water partition coefficient (Wildman–Crippen LogP) is 3.43. The maximum absolute atomic E-state index is 12.6. The van der Waals surface area contributed by atoms with Crippen molar-refractivity contribution < 1.29 is 32.4 Å². The highest BCUT2D eigenvalue weighted by atomic mass is 19.4. The summed E-state index contributed by atoms with van der Waals surface area (Å²) in [6, 6.07) is 4.93. The second-order valence-corrected chi connectivity index (χ2v) is 8.68. The van der Waals surface area contributed by atoms with Crippen molar-refractivity contribution in [3.8, 4) is 6.01 Å². The molecule has 0 bridgehead atoms. The van der Waals surface area contributed by atoms with Crippen LogP contribution in [0.5, 0.6) is 6.01 Å². The van der Waals surface area contributed by atoms with E-state index in [9.17, 15) is 28.1 Å². The highest BCUT2D eigenvalue weighted by molar-refractivity contribution is 5.68. The molecule has 0 N–H and O–H groups in total. The Kier molecular flexibility index (Phi) is 6.70. The minimum Gasteiger partial charge on any atom is -0.445 e. The number of hydrogen-bond acceptors (Lipinski definition) is 7. The van der Waals surface area contributed by atoms with E-state index in [1.807, 2.05) is 6.92 Å². The summed E-state index contributed by atoms with van der Waals surface area (Å²) < 4.78 is 50.5. The van der Waals surface area contributed by atoms with Gasteiger partial charge in [0.05, 0.1) is 12.1 Å². The second-order valence-electron chi connectivity index (χ2n) is 8.68. The summed E-state index contributed by atoms with van der Waals surface area (Å²) in [5, 5.41) is 10.8. The number of ether oxygens (including phenoxy) is 2. The van der Waals surface area contributed by atoms with Gasteiger partial charge in [-0.3, -0.25) is 9.47 Å². The smallest absolute Gasteiger partial charge is 0.416 e. The molecule has 188 valence electrons. The summed E-state index contributed by atoms with van der Waals surface area (Å²) in [7, 11) is 0. The van der Waals surface area contributed by atoms with Crippen molar-refractivity contribution in [1.82, 2.24) is 19.4 Å². The van der Waals surface area contributed by atoms with E-state index < -0.39 is 28.4 Å². The van der Waals surface area contributed by atoms with Crippen molar-refractivity contribution >= 4 is 18.0 Å². The average molecular weight is 495 g/mol. The molecule has 10 nitrogen and oxygen atoms in total. The summed E-state index contributed by atoms with van der Waals surface area (Å²) in [4.78, 5) is 30.2. The largest absolute Gasteiger partial charge is 0.445 e. The first-order valence-electron chi connectivity index (χ1n) is 10.9. The molecule has 1 fully saturated rings. The van der Waals surface area contributed by atoms with E-state index in [1.165, 1.54) is 18.3 Å². The van der Waals surface area contributed by atoms with Crippen molar-refractivity contribution in [2.24, 2.45) is 0 Å². The quantitative estimate of drug-likeness (QED) is 0.447. The Morgan fingerprint density at radius 3 is 2.54 bits per heavy atom. The summed E-state index contributed by atoms with van der Waals surface area (Å²) in [6.07, 6.45) is -0.316. The molecule has 0 aliphatic carbocycles. The van der Waals surface area contributed by atoms with Crippen molar-refractivity contribution in [3.63, 3.8) is 0 Å². The molecular weight excluding hydrogens is 471 g/mol. The molecule has 35 heavy (non-hydrogen) atoms. The van der Waals surface area contributed by atoms with Crippen LogP contribution in [0, 0.1) is 10.1 Å². The number of nitrogens with zero attached hydrogens (tertiary/aromatic N) is 5. The molecule has 0 spiro atoms. The SMILES string of the molecule is C[C@@]1(CN2CCN(C(=O)OCC=Cc3ccc(C(F)(F)F)cc3)CC2)Cn2cc([N+](=O)[O-])nc2O1. The van der Waals surface area contributed by atoms with Crippen LogP contribution in [-0.4, -0.2) is 75.3 Å². The summed E-state index contributed by atoms with van der Waals surface area (Å²) >= 11 is 0. The molecule has 0 radical (unpaired) electrons. The zero-order valence-electron chi connectivity index (χ0n) is 18.9. The summed E-state index contributed by atoms with van der Waals surface area (Å²) in [5.41, 5.74) is -0.728. The van der Waals surface area contributed by atoms with E-state index in [4.69, 9.17) is 9.47 Å². The van der Waals surface area contributed by atoms with Crippen LogP contribution in [0.1, 0.15) is 18.1 Å². The van der Waals surface area contributed by atoms with Crippen LogP contribution < -0.4 is 4.74 Å². The number of fused-ring (bicyclic) bond motifs is 1. The minimum absolute atomic E-state index is 0.00355. The molecule has 4 rings (SSSR count). The number of amides is 1. The van der Waals surface area contributed by atoms with Crippen LogP contribution >= 0.6 is 0 Å². The average Bonchev–Trinajstić information content (AvgIpc) is 3.32. The standard InChI is InChI=1S/C22H24F3N5O5/c1-21(15-29-13-18(30(32)33)26-19(29)35-21)14-27-8-10-28(11-9-27)20(31)34-12-2-3-16-4-6-17(7-5-16)22(23,24)25/h2-7,13H,8-12,14-15H2,1H3/t21-/m1/s1.